The summed E-state index contributed by atoms with van der Waals surface area (Å²) in [6.07, 6.45) is 19.3. The van der Waals surface area contributed by atoms with Gasteiger partial charge in [0.15, 0.2) is 17.3 Å². The van der Waals surface area contributed by atoms with E-state index in [1.165, 1.54) is 6.08 Å². The third-order valence-electron chi connectivity index (χ3n) is 3.15. The largest absolute Gasteiger partial charge is 2.00 e. The minimum atomic E-state index is -3.32. The molecule has 3 rings (SSSR count). The molecular weight excluding hydrogens is 403 g/mol. The summed E-state index contributed by atoms with van der Waals surface area (Å²) >= 11 is 0. The molecule has 1 aromatic carbocycles. The maximum atomic E-state index is 13.5. The van der Waals surface area contributed by atoms with Gasteiger partial charge in [0.25, 0.3) is 0 Å². The van der Waals surface area contributed by atoms with Crippen LogP contribution in [0.3, 0.4) is 0 Å². The molecule has 8 heteroatoms. The summed E-state index contributed by atoms with van der Waals surface area (Å²) < 4.78 is 55.1. The van der Waals surface area contributed by atoms with Crippen LogP contribution in [-0.2, 0) is 17.1 Å². The first-order valence-corrected chi connectivity index (χ1v) is 7.52. The van der Waals surface area contributed by atoms with Gasteiger partial charge in [0.05, 0.1) is 5.56 Å². The van der Waals surface area contributed by atoms with E-state index in [1.807, 2.05) is 32.1 Å². The van der Waals surface area contributed by atoms with Crippen LogP contribution in [0.4, 0.5) is 17.4 Å². The van der Waals surface area contributed by atoms with Crippen LogP contribution in [-0.4, -0.2) is 13.3 Å². The number of hydrogen-bond acceptors (Lipinski definition) is 2. The van der Waals surface area contributed by atoms with Gasteiger partial charge >= 0.3 is 24.5 Å². The number of halogens is 4. The van der Waals surface area contributed by atoms with Gasteiger partial charge in [0.1, 0.15) is 5.82 Å². The zero-order valence-electron chi connectivity index (χ0n) is 13.8. The summed E-state index contributed by atoms with van der Waals surface area (Å²) in [5.41, 5.74) is -0.601. The molecule has 2 fully saturated rings. The minimum Gasteiger partial charge on any atom is -0.502 e. The van der Waals surface area contributed by atoms with Crippen LogP contribution in [0.5, 0.6) is 5.75 Å². The SMILES string of the molecule is O=C(/C=C/[C]1[CH][CH][CH][CH]1)c1cc(F)cc(F)c1OB(F)F.[CH]1[CH][CH][CH][CH]1.[Fe+2]. The Hall–Kier alpha value is -1.27. The molecule has 2 nitrogen and oxygen atoms in total. The van der Waals surface area contributed by atoms with Crippen molar-refractivity contribution in [3.05, 3.63) is 105 Å². The van der Waals surface area contributed by atoms with Gasteiger partial charge in [-0.1, -0.05) is 6.08 Å². The Morgan fingerprint density at radius 2 is 1.48 bits per heavy atom. The van der Waals surface area contributed by atoms with Crippen molar-refractivity contribution in [2.75, 3.05) is 0 Å². The van der Waals surface area contributed by atoms with Crippen molar-refractivity contribution >= 4 is 13.3 Å². The standard InChI is InChI=1S/C14H8BF4O2.C5H5.Fe/c16-10-7-11(14(12(17)8-10)21-15(18)19)13(20)6-5-9-3-1-2-4-9;1-2-4-5-3-1;/h1-8H;1-5H;/q;;+2/b6-5+;;. The summed E-state index contributed by atoms with van der Waals surface area (Å²) in [6, 6.07) is 1.02. The fourth-order valence-electron chi connectivity index (χ4n) is 2.03. The average Bonchev–Trinajstić information content (AvgIpc) is 3.30. The monoisotopic (exact) mass is 416 g/mol. The molecule has 0 N–H and O–H groups in total. The summed E-state index contributed by atoms with van der Waals surface area (Å²) in [5.74, 6) is -3.54. The van der Waals surface area contributed by atoms with E-state index >= 15 is 0 Å². The molecule has 0 heterocycles. The second-order valence-corrected chi connectivity index (χ2v) is 5.02. The molecule has 27 heavy (non-hydrogen) atoms. The van der Waals surface area contributed by atoms with E-state index in [1.54, 1.807) is 25.7 Å². The van der Waals surface area contributed by atoms with Crippen molar-refractivity contribution in [2.45, 2.75) is 0 Å². The van der Waals surface area contributed by atoms with E-state index in [9.17, 15) is 22.2 Å². The minimum absolute atomic E-state index is 0. The Kier molecular flexibility index (Phi) is 10.8. The molecule has 0 aromatic heterocycles. The van der Waals surface area contributed by atoms with Crippen molar-refractivity contribution in [2.24, 2.45) is 0 Å². The predicted octanol–water partition coefficient (Wildman–Crippen LogP) is 4.43. The Morgan fingerprint density at radius 3 is 2.00 bits per heavy atom. The van der Waals surface area contributed by atoms with E-state index in [0.717, 1.165) is 6.08 Å². The molecule has 0 saturated heterocycles. The summed E-state index contributed by atoms with van der Waals surface area (Å²) in [5, 5.41) is 0. The molecule has 0 spiro atoms. The fraction of sp³-hybridized carbons (Fsp3) is 0. The van der Waals surface area contributed by atoms with Crippen molar-refractivity contribution in [3.8, 4) is 5.75 Å². The van der Waals surface area contributed by atoms with E-state index in [2.05, 4.69) is 4.65 Å². The third-order valence-corrected chi connectivity index (χ3v) is 3.15. The first-order chi connectivity index (χ1) is 12.5. The van der Waals surface area contributed by atoms with Gasteiger partial charge in [-0.2, -0.15) is 0 Å². The number of rotatable bonds is 5. The van der Waals surface area contributed by atoms with Gasteiger partial charge in [-0.3, -0.25) is 4.79 Å². The van der Waals surface area contributed by atoms with Crippen LogP contribution in [0, 0.1) is 75.3 Å². The van der Waals surface area contributed by atoms with E-state index in [0.29, 0.717) is 18.1 Å². The van der Waals surface area contributed by atoms with Gasteiger partial charge in [0, 0.05) is 12.0 Å². The zero-order valence-corrected chi connectivity index (χ0v) is 14.9. The van der Waals surface area contributed by atoms with Gasteiger partial charge < -0.3 is 4.65 Å². The number of benzene rings is 1. The smallest absolute Gasteiger partial charge is 0.502 e. The maximum absolute atomic E-state index is 13.5. The molecular formula is C19H13BF4FeO2+2. The van der Waals surface area contributed by atoms with Gasteiger partial charge in [-0.05, 0) is 69.9 Å². The Labute approximate surface area is 168 Å². The number of hydrogen-bond donors (Lipinski definition) is 0. The maximum Gasteiger partial charge on any atom is 2.00 e. The first-order valence-electron chi connectivity index (χ1n) is 7.52. The van der Waals surface area contributed by atoms with Crippen molar-refractivity contribution in [1.29, 1.82) is 0 Å². The second kappa shape index (κ2) is 12.2. The fourth-order valence-corrected chi connectivity index (χ4v) is 2.03. The Morgan fingerprint density at radius 1 is 0.926 bits per heavy atom. The predicted molar refractivity (Wildman–Crippen MR) is 90.4 cm³/mol. The molecule has 0 bridgehead atoms. The molecule has 0 amide bonds. The molecule has 2 aliphatic carbocycles. The van der Waals surface area contributed by atoms with Crippen molar-refractivity contribution < 1.29 is 43.9 Å². The second-order valence-electron chi connectivity index (χ2n) is 5.02. The Balaban J connectivity index is 0.000000526. The van der Waals surface area contributed by atoms with Crippen LogP contribution < -0.4 is 4.65 Å². The van der Waals surface area contributed by atoms with Crippen LogP contribution in [0.15, 0.2) is 24.3 Å². The molecule has 10 radical (unpaired) electrons. The van der Waals surface area contributed by atoms with Crippen LogP contribution >= 0.6 is 0 Å². The molecule has 0 aliphatic heterocycles. The van der Waals surface area contributed by atoms with Gasteiger partial charge in [-0.15, -0.1) is 0 Å². The van der Waals surface area contributed by atoms with E-state index in [4.69, 9.17) is 0 Å². The summed E-state index contributed by atoms with van der Waals surface area (Å²) in [6.45, 7) is 0. The van der Waals surface area contributed by atoms with Crippen LogP contribution in [0.1, 0.15) is 10.4 Å². The molecule has 0 unspecified atom stereocenters. The first kappa shape index (κ1) is 23.8. The Bertz CT molecular complexity index is 623. The third kappa shape index (κ3) is 8.10. The van der Waals surface area contributed by atoms with Crippen LogP contribution in [0.2, 0.25) is 0 Å². The number of carbonyl (C=O) groups is 1. The molecule has 1 aromatic rings. The average molecular weight is 416 g/mol. The summed E-state index contributed by atoms with van der Waals surface area (Å²) in [4.78, 5) is 11.9. The zero-order chi connectivity index (χ0) is 18.9. The van der Waals surface area contributed by atoms with Crippen molar-refractivity contribution in [3.63, 3.8) is 0 Å². The molecule has 2 aliphatic rings. The molecule has 2 saturated carbocycles. The molecule has 0 atom stereocenters. The van der Waals surface area contributed by atoms with Gasteiger partial charge in [-0.25, -0.2) is 17.4 Å². The van der Waals surface area contributed by atoms with E-state index in [-0.39, 0.29) is 17.1 Å². The number of ketones is 1. The quantitative estimate of drug-likeness (QED) is 0.308. The van der Waals surface area contributed by atoms with Gasteiger partial charge in [0.2, 0.25) is 0 Å². The molecule has 138 valence electrons. The normalized spacial score (nSPS) is 16.6. The van der Waals surface area contributed by atoms with Crippen LogP contribution in [0.25, 0.3) is 0 Å². The van der Waals surface area contributed by atoms with E-state index < -0.39 is 36.2 Å². The van der Waals surface area contributed by atoms with Crippen molar-refractivity contribution in [1.82, 2.24) is 0 Å². The number of allylic oxidation sites excluding steroid dienone is 2. The summed E-state index contributed by atoms with van der Waals surface area (Å²) in [7, 11) is -3.32. The number of carbonyl (C=O) groups excluding carboxylic acids is 1. The topological polar surface area (TPSA) is 26.3 Å².